The highest BCUT2D eigenvalue weighted by molar-refractivity contribution is 8.00. The van der Waals surface area contributed by atoms with Crippen molar-refractivity contribution in [1.29, 1.82) is 0 Å². The molecule has 0 N–H and O–H groups in total. The molecule has 4 rings (SSSR count). The summed E-state index contributed by atoms with van der Waals surface area (Å²) >= 11 is 1.32. The Morgan fingerprint density at radius 1 is 1.23 bits per heavy atom. The molecule has 2 aromatic carbocycles. The van der Waals surface area contributed by atoms with E-state index in [4.69, 9.17) is 9.72 Å². The number of fused-ring (bicyclic) bond motifs is 1. The molecule has 1 aliphatic rings. The van der Waals surface area contributed by atoms with Crippen LogP contribution in [0.4, 0.5) is 5.69 Å². The monoisotopic (exact) mass is 423 g/mol. The van der Waals surface area contributed by atoms with Crippen LogP contribution in [0.2, 0.25) is 0 Å². The number of benzene rings is 2. The van der Waals surface area contributed by atoms with Gasteiger partial charge in [0.05, 0.1) is 28.8 Å². The minimum atomic E-state index is -0.404. The van der Waals surface area contributed by atoms with Gasteiger partial charge in [0.1, 0.15) is 0 Å². The number of hydrogen-bond donors (Lipinski definition) is 0. The van der Waals surface area contributed by atoms with Gasteiger partial charge >= 0.3 is 0 Å². The molecule has 0 bridgehead atoms. The van der Waals surface area contributed by atoms with Gasteiger partial charge in [-0.3, -0.25) is 14.2 Å². The normalized spacial score (nSPS) is 17.2. The highest BCUT2D eigenvalue weighted by Crippen LogP contribution is 2.26. The number of nitrogens with zero attached hydrogens (tertiary/aromatic N) is 3. The second-order valence-electron chi connectivity index (χ2n) is 7.46. The van der Waals surface area contributed by atoms with Gasteiger partial charge in [-0.05, 0) is 44.0 Å². The molecule has 0 saturated carbocycles. The van der Waals surface area contributed by atoms with Gasteiger partial charge in [-0.2, -0.15) is 0 Å². The average molecular weight is 424 g/mol. The van der Waals surface area contributed by atoms with Gasteiger partial charge < -0.3 is 9.64 Å². The maximum absolute atomic E-state index is 13.2. The third-order valence-electron chi connectivity index (χ3n) is 5.34. The topological polar surface area (TPSA) is 64.4 Å². The number of amides is 1. The van der Waals surface area contributed by atoms with Crippen molar-refractivity contribution in [3.63, 3.8) is 0 Å². The molecule has 1 amide bonds. The zero-order valence-electron chi connectivity index (χ0n) is 17.2. The van der Waals surface area contributed by atoms with E-state index in [0.29, 0.717) is 22.6 Å². The Balaban J connectivity index is 1.64. The lowest BCUT2D eigenvalue weighted by Gasteiger charge is -2.22. The summed E-state index contributed by atoms with van der Waals surface area (Å²) in [5, 5.41) is 0.732. The van der Waals surface area contributed by atoms with E-state index in [-0.39, 0.29) is 17.6 Å². The molecule has 3 aromatic rings. The number of aromatic nitrogens is 2. The van der Waals surface area contributed by atoms with Crippen molar-refractivity contribution in [2.24, 2.45) is 0 Å². The molecule has 6 nitrogen and oxygen atoms in total. The third kappa shape index (κ3) is 4.27. The minimum absolute atomic E-state index is 0.00279. The summed E-state index contributed by atoms with van der Waals surface area (Å²) in [6.45, 7) is 3.03. The number of hydrogen-bond acceptors (Lipinski definition) is 5. The van der Waals surface area contributed by atoms with Crippen molar-refractivity contribution in [2.45, 2.75) is 42.8 Å². The van der Waals surface area contributed by atoms with Gasteiger partial charge in [-0.25, -0.2) is 4.98 Å². The lowest BCUT2D eigenvalue weighted by Crippen LogP contribution is -2.34. The molecular formula is C23H25N3O3S. The van der Waals surface area contributed by atoms with Gasteiger partial charge in [-0.15, -0.1) is 0 Å². The summed E-state index contributed by atoms with van der Waals surface area (Å²) in [4.78, 5) is 32.6. The summed E-state index contributed by atoms with van der Waals surface area (Å²) in [7, 11) is 1.77. The summed E-state index contributed by atoms with van der Waals surface area (Å²) < 4.78 is 7.43. The Hall–Kier alpha value is -2.64. The molecule has 0 unspecified atom stereocenters. The van der Waals surface area contributed by atoms with Crippen LogP contribution in [0, 0.1) is 0 Å². The SMILES string of the molecule is C[C@H](Sc1nc2ccccc2c(=O)n1C[C@H]1CCCO1)C(=O)N(C)c1ccccc1. The fourth-order valence-electron chi connectivity index (χ4n) is 3.65. The van der Waals surface area contributed by atoms with Gasteiger partial charge in [0.25, 0.3) is 5.56 Å². The Kier molecular flexibility index (Phi) is 6.20. The summed E-state index contributed by atoms with van der Waals surface area (Å²) in [6, 6.07) is 16.9. The number of carbonyl (C=O) groups is 1. The molecule has 0 spiro atoms. The van der Waals surface area contributed by atoms with Crippen LogP contribution in [0.1, 0.15) is 19.8 Å². The molecule has 1 saturated heterocycles. The number of rotatable bonds is 6. The number of carbonyl (C=O) groups excluding carboxylic acids is 1. The molecule has 1 aromatic heterocycles. The van der Waals surface area contributed by atoms with Crippen LogP contribution in [0.3, 0.4) is 0 Å². The van der Waals surface area contributed by atoms with Crippen LogP contribution in [-0.4, -0.2) is 40.5 Å². The Bertz CT molecular complexity index is 1090. The smallest absolute Gasteiger partial charge is 0.262 e. The minimum Gasteiger partial charge on any atom is -0.376 e. The number of para-hydroxylation sites is 2. The third-order valence-corrected chi connectivity index (χ3v) is 6.42. The van der Waals surface area contributed by atoms with Crippen LogP contribution in [0.5, 0.6) is 0 Å². The highest BCUT2D eigenvalue weighted by atomic mass is 32.2. The average Bonchev–Trinajstić information content (AvgIpc) is 3.29. The molecule has 30 heavy (non-hydrogen) atoms. The van der Waals surface area contributed by atoms with E-state index in [9.17, 15) is 9.59 Å². The quantitative estimate of drug-likeness (QED) is 0.447. The summed E-state index contributed by atoms with van der Waals surface area (Å²) in [5.74, 6) is -0.0442. The van der Waals surface area contributed by atoms with Crippen LogP contribution in [0.15, 0.2) is 64.5 Å². The molecular weight excluding hydrogens is 398 g/mol. The first kappa shape index (κ1) is 20.6. The predicted molar refractivity (Wildman–Crippen MR) is 120 cm³/mol. The van der Waals surface area contributed by atoms with Crippen LogP contribution < -0.4 is 10.5 Å². The molecule has 2 atom stereocenters. The van der Waals surface area contributed by atoms with E-state index >= 15 is 0 Å². The lowest BCUT2D eigenvalue weighted by molar-refractivity contribution is -0.117. The van der Waals surface area contributed by atoms with Crippen molar-refractivity contribution in [1.82, 2.24) is 9.55 Å². The fourth-order valence-corrected chi connectivity index (χ4v) is 4.66. The Labute approximate surface area is 179 Å². The molecule has 1 aliphatic heterocycles. The number of ether oxygens (including phenoxy) is 1. The van der Waals surface area contributed by atoms with Crippen LogP contribution in [-0.2, 0) is 16.1 Å². The molecule has 0 aliphatic carbocycles. The van der Waals surface area contributed by atoms with Gasteiger partial charge in [-0.1, -0.05) is 42.1 Å². The molecule has 156 valence electrons. The fraction of sp³-hybridized carbons (Fsp3) is 0.348. The zero-order chi connectivity index (χ0) is 21.1. The van der Waals surface area contributed by atoms with Crippen molar-refractivity contribution < 1.29 is 9.53 Å². The van der Waals surface area contributed by atoms with Crippen molar-refractivity contribution in [3.8, 4) is 0 Å². The molecule has 1 fully saturated rings. The second-order valence-corrected chi connectivity index (χ2v) is 8.76. The van der Waals surface area contributed by atoms with E-state index in [1.54, 1.807) is 22.6 Å². The van der Waals surface area contributed by atoms with Crippen molar-refractivity contribution >= 4 is 34.3 Å². The van der Waals surface area contributed by atoms with E-state index in [0.717, 1.165) is 25.1 Å². The number of thioether (sulfide) groups is 1. The first-order valence-corrected chi connectivity index (χ1v) is 11.0. The maximum Gasteiger partial charge on any atom is 0.262 e. The maximum atomic E-state index is 13.2. The van der Waals surface area contributed by atoms with Gasteiger partial charge in [0.15, 0.2) is 5.16 Å². The van der Waals surface area contributed by atoms with E-state index in [1.165, 1.54) is 11.8 Å². The molecule has 7 heteroatoms. The van der Waals surface area contributed by atoms with Gasteiger partial charge in [0.2, 0.25) is 5.91 Å². The van der Waals surface area contributed by atoms with Crippen molar-refractivity contribution in [2.75, 3.05) is 18.6 Å². The number of anilines is 1. The summed E-state index contributed by atoms with van der Waals surface area (Å²) in [6.07, 6.45) is 1.93. The predicted octanol–water partition coefficient (Wildman–Crippen LogP) is 3.72. The standard InChI is InChI=1S/C23H25N3O3S/c1-16(21(27)25(2)17-9-4-3-5-10-17)30-23-24-20-13-7-6-12-19(20)22(28)26(23)15-18-11-8-14-29-18/h3-7,9-10,12-13,16,18H,8,11,14-15H2,1-2H3/t16-,18+/m0/s1. The summed E-state index contributed by atoms with van der Waals surface area (Å²) in [5.41, 5.74) is 1.39. The largest absolute Gasteiger partial charge is 0.376 e. The van der Waals surface area contributed by atoms with Crippen molar-refractivity contribution in [3.05, 3.63) is 65.0 Å². The highest BCUT2D eigenvalue weighted by Gasteiger charge is 2.25. The van der Waals surface area contributed by atoms with E-state index < -0.39 is 5.25 Å². The van der Waals surface area contributed by atoms with Crippen LogP contribution in [0.25, 0.3) is 10.9 Å². The van der Waals surface area contributed by atoms with E-state index in [2.05, 4.69) is 0 Å². The zero-order valence-corrected chi connectivity index (χ0v) is 18.0. The first-order valence-electron chi connectivity index (χ1n) is 10.1. The lowest BCUT2D eigenvalue weighted by atomic mass is 10.2. The van der Waals surface area contributed by atoms with E-state index in [1.807, 2.05) is 55.5 Å². The molecule has 0 radical (unpaired) electrons. The second kappa shape index (κ2) is 9.02. The van der Waals surface area contributed by atoms with Crippen LogP contribution >= 0.6 is 11.8 Å². The Morgan fingerprint density at radius 3 is 2.70 bits per heavy atom. The van der Waals surface area contributed by atoms with Gasteiger partial charge in [0, 0.05) is 19.3 Å². The molecule has 2 heterocycles. The Morgan fingerprint density at radius 2 is 1.97 bits per heavy atom. The first-order chi connectivity index (χ1) is 14.5.